The van der Waals surface area contributed by atoms with E-state index in [0.29, 0.717) is 13.1 Å². The molecule has 1 heterocycles. The predicted octanol–water partition coefficient (Wildman–Crippen LogP) is 3.25. The SMILES string of the molecule is COC(CNCc1cn(-c2ccccc2)nc1-c1ccccc1)OC. The first kappa shape index (κ1) is 17.4. The van der Waals surface area contributed by atoms with E-state index in [-0.39, 0.29) is 6.29 Å². The molecule has 5 nitrogen and oxygen atoms in total. The molecule has 0 spiro atoms. The molecule has 2 aromatic carbocycles. The first-order valence-corrected chi connectivity index (χ1v) is 8.27. The Morgan fingerprint density at radius 3 is 2.24 bits per heavy atom. The van der Waals surface area contributed by atoms with E-state index in [0.717, 1.165) is 22.5 Å². The summed E-state index contributed by atoms with van der Waals surface area (Å²) in [5.74, 6) is 0. The van der Waals surface area contributed by atoms with Gasteiger partial charge in [-0.05, 0) is 12.1 Å². The van der Waals surface area contributed by atoms with Crippen molar-refractivity contribution < 1.29 is 9.47 Å². The molecular formula is C20H23N3O2. The van der Waals surface area contributed by atoms with Gasteiger partial charge in [-0.3, -0.25) is 0 Å². The molecule has 0 aliphatic rings. The Balaban J connectivity index is 1.86. The smallest absolute Gasteiger partial charge is 0.169 e. The van der Waals surface area contributed by atoms with Gasteiger partial charge in [-0.15, -0.1) is 0 Å². The van der Waals surface area contributed by atoms with Gasteiger partial charge in [-0.25, -0.2) is 4.68 Å². The van der Waals surface area contributed by atoms with Gasteiger partial charge in [0.15, 0.2) is 6.29 Å². The molecule has 0 aliphatic heterocycles. The molecule has 0 fully saturated rings. The summed E-state index contributed by atoms with van der Waals surface area (Å²) in [5.41, 5.74) is 4.24. The lowest BCUT2D eigenvalue weighted by Crippen LogP contribution is -2.29. The molecule has 0 radical (unpaired) electrons. The average Bonchev–Trinajstić information content (AvgIpc) is 3.11. The van der Waals surface area contributed by atoms with Crippen LogP contribution in [0.15, 0.2) is 66.9 Å². The van der Waals surface area contributed by atoms with Crippen molar-refractivity contribution in [3.63, 3.8) is 0 Å². The predicted molar refractivity (Wildman–Crippen MR) is 98.5 cm³/mol. The van der Waals surface area contributed by atoms with Gasteiger partial charge in [0.05, 0.1) is 11.4 Å². The number of para-hydroxylation sites is 1. The molecule has 0 atom stereocenters. The van der Waals surface area contributed by atoms with Crippen LogP contribution in [-0.4, -0.2) is 36.8 Å². The maximum absolute atomic E-state index is 5.22. The van der Waals surface area contributed by atoms with Gasteiger partial charge in [-0.1, -0.05) is 48.5 Å². The summed E-state index contributed by atoms with van der Waals surface area (Å²) in [7, 11) is 3.28. The summed E-state index contributed by atoms with van der Waals surface area (Å²) in [6.07, 6.45) is 1.81. The van der Waals surface area contributed by atoms with Crippen LogP contribution in [0.25, 0.3) is 16.9 Å². The molecule has 25 heavy (non-hydrogen) atoms. The molecule has 0 bridgehead atoms. The Bertz CT molecular complexity index is 768. The number of nitrogens with one attached hydrogen (secondary N) is 1. The van der Waals surface area contributed by atoms with Gasteiger partial charge < -0.3 is 14.8 Å². The van der Waals surface area contributed by atoms with E-state index < -0.39 is 0 Å². The quantitative estimate of drug-likeness (QED) is 0.641. The molecule has 0 saturated carbocycles. The molecule has 130 valence electrons. The third kappa shape index (κ3) is 4.33. The summed E-state index contributed by atoms with van der Waals surface area (Å²) in [5, 5.41) is 8.18. The third-order valence-electron chi connectivity index (χ3n) is 4.01. The van der Waals surface area contributed by atoms with Gasteiger partial charge >= 0.3 is 0 Å². The summed E-state index contributed by atoms with van der Waals surface area (Å²) in [4.78, 5) is 0. The third-order valence-corrected chi connectivity index (χ3v) is 4.01. The van der Waals surface area contributed by atoms with E-state index in [9.17, 15) is 0 Å². The summed E-state index contributed by atoms with van der Waals surface area (Å²) in [6.45, 7) is 1.29. The molecule has 1 N–H and O–H groups in total. The minimum absolute atomic E-state index is 0.260. The Morgan fingerprint density at radius 2 is 1.60 bits per heavy atom. The molecular weight excluding hydrogens is 314 g/mol. The second kappa shape index (κ2) is 8.58. The standard InChI is InChI=1S/C20H23N3O2/c1-24-19(25-2)14-21-13-17-15-23(18-11-7-4-8-12-18)22-20(17)16-9-5-3-6-10-16/h3-12,15,19,21H,13-14H2,1-2H3. The van der Waals surface area contributed by atoms with E-state index in [1.165, 1.54) is 0 Å². The number of nitrogens with zero attached hydrogens (tertiary/aromatic N) is 2. The minimum atomic E-state index is -0.260. The van der Waals surface area contributed by atoms with E-state index in [1.54, 1.807) is 14.2 Å². The number of ether oxygens (including phenoxy) is 2. The van der Waals surface area contributed by atoms with Gasteiger partial charge in [0.1, 0.15) is 0 Å². The zero-order valence-electron chi connectivity index (χ0n) is 14.6. The van der Waals surface area contributed by atoms with E-state index in [4.69, 9.17) is 14.6 Å². The number of methoxy groups -OCH3 is 2. The second-order valence-corrected chi connectivity index (χ2v) is 5.68. The molecule has 3 aromatic rings. The molecule has 0 unspecified atom stereocenters. The topological polar surface area (TPSA) is 48.3 Å². The van der Waals surface area contributed by atoms with E-state index in [2.05, 4.69) is 23.6 Å². The van der Waals surface area contributed by atoms with Crippen LogP contribution >= 0.6 is 0 Å². The van der Waals surface area contributed by atoms with Crippen molar-refractivity contribution in [1.82, 2.24) is 15.1 Å². The van der Waals surface area contributed by atoms with Gasteiger partial charge in [-0.2, -0.15) is 5.10 Å². The average molecular weight is 337 g/mol. The normalized spacial score (nSPS) is 11.2. The summed E-state index contributed by atoms with van der Waals surface area (Å²) >= 11 is 0. The summed E-state index contributed by atoms with van der Waals surface area (Å²) in [6, 6.07) is 20.3. The fourth-order valence-corrected chi connectivity index (χ4v) is 2.68. The van der Waals surface area contributed by atoms with Crippen molar-refractivity contribution in [1.29, 1.82) is 0 Å². The number of aromatic nitrogens is 2. The van der Waals surface area contributed by atoms with Crippen molar-refractivity contribution in [2.45, 2.75) is 12.8 Å². The number of hydrogen-bond acceptors (Lipinski definition) is 4. The lowest BCUT2D eigenvalue weighted by molar-refractivity contribution is -0.0989. The van der Waals surface area contributed by atoms with Crippen molar-refractivity contribution in [2.75, 3.05) is 20.8 Å². The number of rotatable bonds is 8. The lowest BCUT2D eigenvalue weighted by Gasteiger charge is -2.13. The van der Waals surface area contributed by atoms with Crippen LogP contribution in [0.5, 0.6) is 0 Å². The first-order valence-electron chi connectivity index (χ1n) is 8.27. The first-order chi connectivity index (χ1) is 12.3. The highest BCUT2D eigenvalue weighted by molar-refractivity contribution is 5.63. The van der Waals surface area contributed by atoms with Crippen LogP contribution in [-0.2, 0) is 16.0 Å². The largest absolute Gasteiger partial charge is 0.355 e. The molecule has 0 saturated heterocycles. The van der Waals surface area contributed by atoms with E-state index in [1.807, 2.05) is 53.2 Å². The van der Waals surface area contributed by atoms with Crippen LogP contribution < -0.4 is 5.32 Å². The fourth-order valence-electron chi connectivity index (χ4n) is 2.68. The molecule has 0 amide bonds. The zero-order chi connectivity index (χ0) is 17.5. The van der Waals surface area contributed by atoms with Crippen LogP contribution in [0.4, 0.5) is 0 Å². The molecule has 3 rings (SSSR count). The minimum Gasteiger partial charge on any atom is -0.355 e. The number of benzene rings is 2. The number of hydrogen-bond donors (Lipinski definition) is 1. The Labute approximate surface area is 148 Å². The lowest BCUT2D eigenvalue weighted by atomic mass is 10.1. The highest BCUT2D eigenvalue weighted by Crippen LogP contribution is 2.23. The van der Waals surface area contributed by atoms with Gasteiger partial charge in [0, 0.05) is 44.6 Å². The van der Waals surface area contributed by atoms with Crippen LogP contribution in [0.3, 0.4) is 0 Å². The molecule has 5 heteroatoms. The van der Waals surface area contributed by atoms with Crippen LogP contribution in [0.1, 0.15) is 5.56 Å². The van der Waals surface area contributed by atoms with Crippen molar-refractivity contribution >= 4 is 0 Å². The van der Waals surface area contributed by atoms with Crippen molar-refractivity contribution in [2.24, 2.45) is 0 Å². The highest BCUT2D eigenvalue weighted by Gasteiger charge is 2.13. The van der Waals surface area contributed by atoms with Crippen LogP contribution in [0.2, 0.25) is 0 Å². The van der Waals surface area contributed by atoms with Gasteiger partial charge in [0.2, 0.25) is 0 Å². The molecule has 1 aromatic heterocycles. The van der Waals surface area contributed by atoms with Gasteiger partial charge in [0.25, 0.3) is 0 Å². The Hall–Kier alpha value is -2.47. The Morgan fingerprint density at radius 1 is 0.960 bits per heavy atom. The summed E-state index contributed by atoms with van der Waals surface area (Å²) < 4.78 is 12.4. The van der Waals surface area contributed by atoms with Crippen molar-refractivity contribution in [3.8, 4) is 16.9 Å². The fraction of sp³-hybridized carbons (Fsp3) is 0.250. The van der Waals surface area contributed by atoms with Crippen molar-refractivity contribution in [3.05, 3.63) is 72.4 Å². The Kier molecular flexibility index (Phi) is 5.95. The maximum Gasteiger partial charge on any atom is 0.169 e. The molecule has 0 aliphatic carbocycles. The zero-order valence-corrected chi connectivity index (χ0v) is 14.6. The second-order valence-electron chi connectivity index (χ2n) is 5.68. The monoisotopic (exact) mass is 337 g/mol. The van der Waals surface area contributed by atoms with E-state index >= 15 is 0 Å². The van der Waals surface area contributed by atoms with Crippen LogP contribution in [0, 0.1) is 0 Å². The highest BCUT2D eigenvalue weighted by atomic mass is 16.7. The maximum atomic E-state index is 5.22.